The molecule has 2 aromatic heterocycles. The normalized spacial score (nSPS) is 14.3. The Morgan fingerprint density at radius 2 is 2.00 bits per heavy atom. The van der Waals surface area contributed by atoms with Crippen LogP contribution in [0.15, 0.2) is 40.8 Å². The SMILES string of the molecule is Cc1ccc(-c2cc(C(=O)N3CCc4cc(C(F)(F)F)ccc4C3)n[nH]2)o1. The van der Waals surface area contributed by atoms with Gasteiger partial charge in [0.05, 0.1) is 5.56 Å². The summed E-state index contributed by atoms with van der Waals surface area (Å²) in [4.78, 5) is 14.3. The van der Waals surface area contributed by atoms with E-state index in [9.17, 15) is 18.0 Å². The second kappa shape index (κ2) is 6.29. The van der Waals surface area contributed by atoms with Gasteiger partial charge in [0.15, 0.2) is 11.5 Å². The summed E-state index contributed by atoms with van der Waals surface area (Å²) in [6.07, 6.45) is -3.99. The Hall–Kier alpha value is -3.03. The summed E-state index contributed by atoms with van der Waals surface area (Å²) < 4.78 is 44.0. The zero-order valence-electron chi connectivity index (χ0n) is 14.4. The highest BCUT2D eigenvalue weighted by Crippen LogP contribution is 2.32. The molecular weight excluding hydrogens is 359 g/mol. The molecule has 0 fully saturated rings. The summed E-state index contributed by atoms with van der Waals surface area (Å²) >= 11 is 0. The number of amides is 1. The molecular formula is C19H16F3N3O2. The number of carbonyl (C=O) groups excluding carboxylic acids is 1. The number of H-pyrrole nitrogens is 1. The molecule has 4 rings (SSSR count). The van der Waals surface area contributed by atoms with E-state index in [4.69, 9.17) is 4.42 Å². The molecule has 0 atom stereocenters. The first-order valence-electron chi connectivity index (χ1n) is 8.42. The first kappa shape index (κ1) is 17.4. The van der Waals surface area contributed by atoms with Crippen molar-refractivity contribution in [2.45, 2.75) is 26.1 Å². The molecule has 5 nitrogen and oxygen atoms in total. The number of halogens is 3. The maximum Gasteiger partial charge on any atom is 0.416 e. The number of nitrogens with one attached hydrogen (secondary N) is 1. The number of hydrogen-bond acceptors (Lipinski definition) is 3. The highest BCUT2D eigenvalue weighted by molar-refractivity contribution is 5.93. The Balaban J connectivity index is 1.52. The van der Waals surface area contributed by atoms with Crippen LogP contribution in [0.4, 0.5) is 13.2 Å². The molecule has 3 heterocycles. The van der Waals surface area contributed by atoms with E-state index in [2.05, 4.69) is 10.2 Å². The van der Waals surface area contributed by atoms with Gasteiger partial charge >= 0.3 is 6.18 Å². The van der Waals surface area contributed by atoms with Crippen LogP contribution in [0.5, 0.6) is 0 Å². The van der Waals surface area contributed by atoms with E-state index in [0.29, 0.717) is 30.0 Å². The minimum Gasteiger partial charge on any atom is -0.460 e. The molecule has 3 aromatic rings. The number of fused-ring (bicyclic) bond motifs is 1. The van der Waals surface area contributed by atoms with Gasteiger partial charge < -0.3 is 9.32 Å². The molecule has 0 aliphatic carbocycles. The fourth-order valence-corrected chi connectivity index (χ4v) is 3.20. The van der Waals surface area contributed by atoms with Crippen LogP contribution in [0.1, 0.15) is 32.9 Å². The largest absolute Gasteiger partial charge is 0.460 e. The van der Waals surface area contributed by atoms with Crippen molar-refractivity contribution in [1.82, 2.24) is 15.1 Å². The van der Waals surface area contributed by atoms with Crippen LogP contribution < -0.4 is 0 Å². The lowest BCUT2D eigenvalue weighted by atomic mass is 9.97. The topological polar surface area (TPSA) is 62.1 Å². The summed E-state index contributed by atoms with van der Waals surface area (Å²) in [7, 11) is 0. The molecule has 1 aromatic carbocycles. The first-order chi connectivity index (χ1) is 12.8. The molecule has 140 valence electrons. The summed E-state index contributed by atoms with van der Waals surface area (Å²) in [5, 5.41) is 6.84. The molecule has 0 saturated carbocycles. The molecule has 8 heteroatoms. The molecule has 1 N–H and O–H groups in total. The van der Waals surface area contributed by atoms with Crippen LogP contribution in [-0.2, 0) is 19.1 Å². The lowest BCUT2D eigenvalue weighted by molar-refractivity contribution is -0.137. The average molecular weight is 375 g/mol. The number of hydrogen-bond donors (Lipinski definition) is 1. The van der Waals surface area contributed by atoms with Crippen molar-refractivity contribution in [3.8, 4) is 11.5 Å². The van der Waals surface area contributed by atoms with Crippen molar-refractivity contribution in [3.63, 3.8) is 0 Å². The molecule has 1 aliphatic heterocycles. The maximum absolute atomic E-state index is 12.8. The lowest BCUT2D eigenvalue weighted by Gasteiger charge is -2.28. The minimum atomic E-state index is -4.36. The Labute approximate surface area is 152 Å². The predicted octanol–water partition coefficient (Wildman–Crippen LogP) is 4.20. The van der Waals surface area contributed by atoms with Crippen molar-refractivity contribution in [1.29, 1.82) is 0 Å². The smallest absolute Gasteiger partial charge is 0.416 e. The average Bonchev–Trinajstić information content (AvgIpc) is 3.28. The second-order valence-electron chi connectivity index (χ2n) is 6.54. The number of benzene rings is 1. The molecule has 27 heavy (non-hydrogen) atoms. The molecule has 1 amide bonds. The molecule has 1 aliphatic rings. The van der Waals surface area contributed by atoms with Gasteiger partial charge in [0, 0.05) is 19.2 Å². The van der Waals surface area contributed by atoms with Crippen LogP contribution >= 0.6 is 0 Å². The van der Waals surface area contributed by atoms with Gasteiger partial charge in [-0.1, -0.05) is 6.07 Å². The van der Waals surface area contributed by atoms with Crippen molar-refractivity contribution in [3.05, 3.63) is 64.5 Å². The van der Waals surface area contributed by atoms with Crippen LogP contribution in [0.2, 0.25) is 0 Å². The quantitative estimate of drug-likeness (QED) is 0.730. The van der Waals surface area contributed by atoms with E-state index >= 15 is 0 Å². The van der Waals surface area contributed by atoms with E-state index in [1.165, 1.54) is 12.1 Å². The fraction of sp³-hybridized carbons (Fsp3) is 0.263. The van der Waals surface area contributed by atoms with E-state index in [1.54, 1.807) is 17.0 Å². The lowest BCUT2D eigenvalue weighted by Crippen LogP contribution is -2.36. The monoisotopic (exact) mass is 375 g/mol. The highest BCUT2D eigenvalue weighted by atomic mass is 19.4. The Bertz CT molecular complexity index is 1000. The zero-order chi connectivity index (χ0) is 19.2. The minimum absolute atomic E-state index is 0.245. The van der Waals surface area contributed by atoms with E-state index in [0.717, 1.165) is 17.4 Å². The van der Waals surface area contributed by atoms with Crippen LogP contribution in [-0.4, -0.2) is 27.5 Å². The van der Waals surface area contributed by atoms with Crippen molar-refractivity contribution in [2.24, 2.45) is 0 Å². The van der Waals surface area contributed by atoms with Gasteiger partial charge in [0.1, 0.15) is 11.5 Å². The third-order valence-electron chi connectivity index (χ3n) is 4.64. The van der Waals surface area contributed by atoms with Crippen molar-refractivity contribution >= 4 is 5.91 Å². The van der Waals surface area contributed by atoms with Gasteiger partial charge in [-0.25, -0.2) is 0 Å². The third-order valence-corrected chi connectivity index (χ3v) is 4.64. The Kier molecular flexibility index (Phi) is 4.05. The number of aromatic amines is 1. The van der Waals surface area contributed by atoms with Crippen LogP contribution in [0.3, 0.4) is 0 Å². The molecule has 0 bridgehead atoms. The van der Waals surface area contributed by atoms with Crippen molar-refractivity contribution < 1.29 is 22.4 Å². The standard InChI is InChI=1S/C19H16F3N3O2/c1-11-2-5-17(27-11)15-9-16(24-23-15)18(26)25-7-6-12-8-14(19(20,21)22)4-3-13(12)10-25/h2-5,8-9H,6-7,10H2,1H3,(H,23,24). The van der Waals surface area contributed by atoms with Gasteiger partial charge in [0.2, 0.25) is 0 Å². The van der Waals surface area contributed by atoms with Gasteiger partial charge in [-0.15, -0.1) is 0 Å². The summed E-state index contributed by atoms with van der Waals surface area (Å²) in [6.45, 7) is 2.42. The molecule has 0 spiro atoms. The fourth-order valence-electron chi connectivity index (χ4n) is 3.20. The number of aromatic nitrogens is 2. The predicted molar refractivity (Wildman–Crippen MR) is 90.9 cm³/mol. The number of aryl methyl sites for hydroxylation is 1. The van der Waals surface area contributed by atoms with Gasteiger partial charge in [-0.2, -0.15) is 18.3 Å². The number of alkyl halides is 3. The van der Waals surface area contributed by atoms with Gasteiger partial charge in [-0.3, -0.25) is 9.89 Å². The molecule has 0 unspecified atom stereocenters. The first-order valence-corrected chi connectivity index (χ1v) is 8.42. The Morgan fingerprint density at radius 3 is 2.70 bits per heavy atom. The summed E-state index contributed by atoms with van der Waals surface area (Å²) in [5.74, 6) is 1.06. The van der Waals surface area contributed by atoms with Gasteiger partial charge in [-0.05, 0) is 48.7 Å². The number of carbonyl (C=O) groups is 1. The number of rotatable bonds is 2. The van der Waals surface area contributed by atoms with E-state index in [-0.39, 0.29) is 18.1 Å². The van der Waals surface area contributed by atoms with Crippen LogP contribution in [0.25, 0.3) is 11.5 Å². The maximum atomic E-state index is 12.8. The van der Waals surface area contributed by atoms with E-state index < -0.39 is 11.7 Å². The van der Waals surface area contributed by atoms with Crippen molar-refractivity contribution in [2.75, 3.05) is 6.54 Å². The number of nitrogens with zero attached hydrogens (tertiary/aromatic N) is 2. The molecule has 0 radical (unpaired) electrons. The van der Waals surface area contributed by atoms with Crippen LogP contribution in [0, 0.1) is 6.92 Å². The zero-order valence-corrected chi connectivity index (χ0v) is 14.4. The third kappa shape index (κ3) is 3.34. The highest BCUT2D eigenvalue weighted by Gasteiger charge is 2.32. The molecule has 0 saturated heterocycles. The van der Waals surface area contributed by atoms with Gasteiger partial charge in [0.25, 0.3) is 5.91 Å². The summed E-state index contributed by atoms with van der Waals surface area (Å²) in [5.41, 5.74) is 1.53. The second-order valence-corrected chi connectivity index (χ2v) is 6.54. The Morgan fingerprint density at radius 1 is 1.19 bits per heavy atom. The summed E-state index contributed by atoms with van der Waals surface area (Å²) in [6, 6.07) is 8.88. The van der Waals surface area contributed by atoms with E-state index in [1.807, 2.05) is 13.0 Å². The number of furan rings is 1.